The Bertz CT molecular complexity index is 1140. The van der Waals surface area contributed by atoms with Gasteiger partial charge in [0, 0.05) is 31.5 Å². The monoisotopic (exact) mass is 639 g/mol. The average Bonchev–Trinajstić information content (AvgIpc) is 3.01. The molecule has 3 fully saturated rings. The third-order valence-electron chi connectivity index (χ3n) is 10.1. The lowest BCUT2D eigenvalue weighted by Gasteiger charge is -2.38. The molecule has 1 aromatic carbocycles. The second-order valence-electron chi connectivity index (χ2n) is 15.1. The summed E-state index contributed by atoms with van der Waals surface area (Å²) in [6, 6.07) is 9.60. The van der Waals surface area contributed by atoms with E-state index in [1.165, 1.54) is 0 Å². The fraction of sp³-hybridized carbons (Fsp3) is 0.730. The van der Waals surface area contributed by atoms with Crippen LogP contribution >= 0.6 is 0 Å². The molecule has 0 spiro atoms. The topological polar surface area (TPSA) is 123 Å². The van der Waals surface area contributed by atoms with Crippen molar-refractivity contribution < 1.29 is 28.7 Å². The van der Waals surface area contributed by atoms with Gasteiger partial charge in [0.25, 0.3) is 0 Å². The number of nitrogens with one attached hydrogen (secondary N) is 3. The lowest BCUT2D eigenvalue weighted by Crippen LogP contribution is -2.48. The maximum absolute atomic E-state index is 13.5. The van der Waals surface area contributed by atoms with Crippen LogP contribution in [0.25, 0.3) is 0 Å². The zero-order chi connectivity index (χ0) is 33.0. The number of hydrogen-bond donors (Lipinski definition) is 3. The molecule has 3 aliphatic carbocycles. The van der Waals surface area contributed by atoms with E-state index in [1.807, 2.05) is 51.1 Å². The van der Waals surface area contributed by atoms with Gasteiger partial charge in [-0.15, -0.1) is 0 Å². The first-order valence-electron chi connectivity index (χ1n) is 17.8. The Kier molecular flexibility index (Phi) is 13.3. The van der Waals surface area contributed by atoms with E-state index in [9.17, 15) is 19.2 Å². The summed E-state index contributed by atoms with van der Waals surface area (Å²) in [6.07, 6.45) is 13.3. The number of ether oxygens (including phenoxy) is 2. The van der Waals surface area contributed by atoms with Gasteiger partial charge in [-0.3, -0.25) is 14.4 Å². The molecule has 3 aliphatic rings. The molecular formula is C37H57N3O6. The van der Waals surface area contributed by atoms with Crippen LogP contribution in [-0.2, 0) is 30.5 Å². The van der Waals surface area contributed by atoms with Gasteiger partial charge in [0.1, 0.15) is 12.2 Å². The molecule has 3 saturated carbocycles. The average molecular weight is 640 g/mol. The van der Waals surface area contributed by atoms with E-state index in [-0.39, 0.29) is 53.7 Å². The Balaban J connectivity index is 1.27. The minimum atomic E-state index is -0.574. The molecule has 0 saturated heterocycles. The van der Waals surface area contributed by atoms with Crippen molar-refractivity contribution in [3.05, 3.63) is 35.9 Å². The van der Waals surface area contributed by atoms with E-state index in [2.05, 4.69) is 16.0 Å². The van der Waals surface area contributed by atoms with Crippen molar-refractivity contribution >= 4 is 23.9 Å². The summed E-state index contributed by atoms with van der Waals surface area (Å²) in [4.78, 5) is 51.9. The SMILES string of the molecule is CC(C)(C)OC(=O)NCC1(CC(=O)N[C@H]2CCCC[C@H]2CC(=O)N[C@H]2CCCC[C@H]2CC(=O)OCc2ccccc2)CCCCC1. The smallest absolute Gasteiger partial charge is 0.407 e. The predicted molar refractivity (Wildman–Crippen MR) is 178 cm³/mol. The van der Waals surface area contributed by atoms with Crippen LogP contribution in [0.15, 0.2) is 30.3 Å². The van der Waals surface area contributed by atoms with E-state index in [4.69, 9.17) is 9.47 Å². The second-order valence-corrected chi connectivity index (χ2v) is 15.1. The lowest BCUT2D eigenvalue weighted by molar-refractivity contribution is -0.147. The highest BCUT2D eigenvalue weighted by atomic mass is 16.6. The quantitative estimate of drug-likeness (QED) is 0.218. The van der Waals surface area contributed by atoms with E-state index in [0.717, 1.165) is 89.0 Å². The molecule has 3 N–H and O–H groups in total. The molecule has 0 bridgehead atoms. The van der Waals surface area contributed by atoms with E-state index in [0.29, 0.717) is 25.8 Å². The molecule has 4 atom stereocenters. The van der Waals surface area contributed by atoms with Gasteiger partial charge in [-0.25, -0.2) is 4.79 Å². The molecule has 0 aliphatic heterocycles. The molecule has 9 nitrogen and oxygen atoms in total. The molecule has 0 unspecified atom stereocenters. The summed E-state index contributed by atoms with van der Waals surface area (Å²) in [5.74, 6) is -0.0544. The maximum atomic E-state index is 13.5. The summed E-state index contributed by atoms with van der Waals surface area (Å²) in [5.41, 5.74) is 0.110. The molecule has 1 aromatic rings. The van der Waals surface area contributed by atoms with Gasteiger partial charge in [0.15, 0.2) is 0 Å². The Labute approximate surface area is 275 Å². The third kappa shape index (κ3) is 11.9. The van der Waals surface area contributed by atoms with Crippen LogP contribution < -0.4 is 16.0 Å². The zero-order valence-corrected chi connectivity index (χ0v) is 28.4. The number of carbonyl (C=O) groups is 4. The molecule has 4 rings (SSSR count). The molecule has 46 heavy (non-hydrogen) atoms. The first-order valence-corrected chi connectivity index (χ1v) is 17.8. The van der Waals surface area contributed by atoms with Gasteiger partial charge >= 0.3 is 12.1 Å². The van der Waals surface area contributed by atoms with Crippen molar-refractivity contribution in [1.29, 1.82) is 0 Å². The van der Waals surface area contributed by atoms with Gasteiger partial charge in [-0.2, -0.15) is 0 Å². The van der Waals surface area contributed by atoms with Crippen LogP contribution in [-0.4, -0.2) is 48.1 Å². The number of carbonyl (C=O) groups excluding carboxylic acids is 4. The molecule has 0 heterocycles. The van der Waals surface area contributed by atoms with E-state index in [1.54, 1.807) is 0 Å². The fourth-order valence-electron chi connectivity index (χ4n) is 7.69. The van der Waals surface area contributed by atoms with E-state index >= 15 is 0 Å². The van der Waals surface area contributed by atoms with Crippen molar-refractivity contribution in [2.75, 3.05) is 6.54 Å². The molecule has 0 aromatic heterocycles. The van der Waals surface area contributed by atoms with Crippen LogP contribution in [0.1, 0.15) is 129 Å². The first-order chi connectivity index (χ1) is 22.0. The minimum Gasteiger partial charge on any atom is -0.461 e. The number of hydrogen-bond acceptors (Lipinski definition) is 6. The molecule has 256 valence electrons. The number of alkyl carbamates (subject to hydrolysis) is 1. The van der Waals surface area contributed by atoms with Crippen molar-refractivity contribution in [3.8, 4) is 0 Å². The third-order valence-corrected chi connectivity index (χ3v) is 10.1. The fourth-order valence-corrected chi connectivity index (χ4v) is 7.69. The summed E-state index contributed by atoms with van der Waals surface area (Å²) in [7, 11) is 0. The molecular weight excluding hydrogens is 582 g/mol. The summed E-state index contributed by atoms with van der Waals surface area (Å²) in [5, 5.41) is 9.53. The Hall–Kier alpha value is -3.10. The van der Waals surface area contributed by atoms with Crippen LogP contribution in [0.2, 0.25) is 0 Å². The number of amides is 3. The first kappa shape index (κ1) is 35.7. The van der Waals surface area contributed by atoms with Crippen LogP contribution in [0.5, 0.6) is 0 Å². The van der Waals surface area contributed by atoms with E-state index < -0.39 is 11.7 Å². The maximum Gasteiger partial charge on any atom is 0.407 e. The Morgan fingerprint density at radius 2 is 1.35 bits per heavy atom. The molecule has 3 amide bonds. The van der Waals surface area contributed by atoms with Gasteiger partial charge in [-0.05, 0) is 82.1 Å². The zero-order valence-electron chi connectivity index (χ0n) is 28.4. The van der Waals surface area contributed by atoms with Gasteiger partial charge in [0.05, 0.1) is 6.42 Å². The Morgan fingerprint density at radius 1 is 0.761 bits per heavy atom. The summed E-state index contributed by atoms with van der Waals surface area (Å²) in [6.45, 7) is 6.21. The van der Waals surface area contributed by atoms with Crippen LogP contribution in [0.3, 0.4) is 0 Å². The highest BCUT2D eigenvalue weighted by Gasteiger charge is 2.37. The largest absolute Gasteiger partial charge is 0.461 e. The number of rotatable bonds is 12. The normalized spacial score (nSPS) is 24.7. The molecule has 9 heteroatoms. The van der Waals surface area contributed by atoms with Crippen molar-refractivity contribution in [1.82, 2.24) is 16.0 Å². The second kappa shape index (κ2) is 17.2. The van der Waals surface area contributed by atoms with Crippen molar-refractivity contribution in [3.63, 3.8) is 0 Å². The standard InChI is InChI=1S/C37H57N3O6/c1-36(2,3)46-35(44)38-26-37(20-12-5-13-21-37)24-33(42)40-30-18-10-8-16-28(30)22-32(41)39-31-19-11-9-17-29(31)23-34(43)45-25-27-14-6-4-7-15-27/h4,6-7,14-15,28-31H,5,8-13,16-26H2,1-3H3,(H,38,44)(H,39,41)(H,40,42)/t28-,29-,30-,31-/m0/s1. The van der Waals surface area contributed by atoms with Crippen molar-refractivity contribution in [2.24, 2.45) is 17.3 Å². The highest BCUT2D eigenvalue weighted by Crippen LogP contribution is 2.39. The Morgan fingerprint density at radius 3 is 1.98 bits per heavy atom. The lowest BCUT2D eigenvalue weighted by atomic mass is 9.71. The van der Waals surface area contributed by atoms with Crippen molar-refractivity contribution in [2.45, 2.75) is 148 Å². The van der Waals surface area contributed by atoms with Gasteiger partial charge < -0.3 is 25.4 Å². The van der Waals surface area contributed by atoms with Gasteiger partial charge in [0.2, 0.25) is 11.8 Å². The minimum absolute atomic E-state index is 0.00557. The summed E-state index contributed by atoms with van der Waals surface area (Å²) >= 11 is 0. The summed E-state index contributed by atoms with van der Waals surface area (Å²) < 4.78 is 11.0. The number of esters is 1. The number of benzene rings is 1. The highest BCUT2D eigenvalue weighted by molar-refractivity contribution is 5.79. The molecule has 0 radical (unpaired) electrons. The predicted octanol–water partition coefficient (Wildman–Crippen LogP) is 6.73. The van der Waals surface area contributed by atoms with Gasteiger partial charge in [-0.1, -0.05) is 75.3 Å². The van der Waals surface area contributed by atoms with Crippen LogP contribution in [0, 0.1) is 17.3 Å². The van der Waals surface area contributed by atoms with Crippen LogP contribution in [0.4, 0.5) is 4.79 Å².